The molecule has 0 radical (unpaired) electrons. The molecule has 0 unspecified atom stereocenters. The lowest BCUT2D eigenvalue weighted by molar-refractivity contribution is 0.353. The average Bonchev–Trinajstić information content (AvgIpc) is 2.31. The second-order valence-corrected chi connectivity index (χ2v) is 4.52. The Balaban J connectivity index is 2.02. The molecule has 82 valence electrons. The first kappa shape index (κ1) is 10.6. The van der Waals surface area contributed by atoms with Gasteiger partial charge in [-0.15, -0.1) is 0 Å². The SMILES string of the molecule is NCc1cccnc1CC1CCCCC1. The Kier molecular flexibility index (Phi) is 3.73. The second-order valence-electron chi connectivity index (χ2n) is 4.52. The van der Waals surface area contributed by atoms with Crippen LogP contribution in [-0.4, -0.2) is 4.98 Å². The lowest BCUT2D eigenvalue weighted by Gasteiger charge is -2.21. The van der Waals surface area contributed by atoms with Crippen LogP contribution in [0.3, 0.4) is 0 Å². The molecule has 0 aliphatic heterocycles. The minimum atomic E-state index is 0.621. The molecule has 0 saturated heterocycles. The number of aromatic nitrogens is 1. The molecule has 1 fully saturated rings. The van der Waals surface area contributed by atoms with E-state index in [-0.39, 0.29) is 0 Å². The fraction of sp³-hybridized carbons (Fsp3) is 0.615. The standard InChI is InChI=1S/C13H20N2/c14-10-12-7-4-8-15-13(12)9-11-5-2-1-3-6-11/h4,7-8,11H,1-3,5-6,9-10,14H2. The third kappa shape index (κ3) is 2.78. The number of pyridine rings is 1. The molecule has 0 bridgehead atoms. The number of nitrogens with two attached hydrogens (primary N) is 1. The Morgan fingerprint density at radius 1 is 1.27 bits per heavy atom. The van der Waals surface area contributed by atoms with E-state index in [9.17, 15) is 0 Å². The first-order valence-electron chi connectivity index (χ1n) is 6.03. The van der Waals surface area contributed by atoms with Crippen LogP contribution < -0.4 is 5.73 Å². The van der Waals surface area contributed by atoms with Crippen molar-refractivity contribution in [2.75, 3.05) is 0 Å². The van der Waals surface area contributed by atoms with Crippen LogP contribution in [-0.2, 0) is 13.0 Å². The van der Waals surface area contributed by atoms with Gasteiger partial charge in [-0.1, -0.05) is 38.2 Å². The first-order valence-corrected chi connectivity index (χ1v) is 6.03. The number of hydrogen-bond acceptors (Lipinski definition) is 2. The molecule has 2 N–H and O–H groups in total. The van der Waals surface area contributed by atoms with Crippen molar-refractivity contribution in [2.45, 2.75) is 45.1 Å². The molecular weight excluding hydrogens is 184 g/mol. The van der Waals surface area contributed by atoms with Crippen LogP contribution in [0.2, 0.25) is 0 Å². The quantitative estimate of drug-likeness (QED) is 0.822. The summed E-state index contributed by atoms with van der Waals surface area (Å²) < 4.78 is 0. The minimum absolute atomic E-state index is 0.621. The van der Waals surface area contributed by atoms with Gasteiger partial charge in [-0.05, 0) is 24.0 Å². The van der Waals surface area contributed by atoms with Crippen molar-refractivity contribution in [3.05, 3.63) is 29.6 Å². The molecule has 2 nitrogen and oxygen atoms in total. The van der Waals surface area contributed by atoms with Gasteiger partial charge in [-0.2, -0.15) is 0 Å². The van der Waals surface area contributed by atoms with E-state index in [1.54, 1.807) is 0 Å². The third-order valence-corrected chi connectivity index (χ3v) is 3.41. The van der Waals surface area contributed by atoms with Gasteiger partial charge >= 0.3 is 0 Å². The molecule has 1 aliphatic rings. The second kappa shape index (κ2) is 5.26. The highest BCUT2D eigenvalue weighted by Crippen LogP contribution is 2.26. The Morgan fingerprint density at radius 3 is 2.80 bits per heavy atom. The van der Waals surface area contributed by atoms with Crippen molar-refractivity contribution >= 4 is 0 Å². The lowest BCUT2D eigenvalue weighted by atomic mass is 9.85. The first-order chi connectivity index (χ1) is 7.40. The van der Waals surface area contributed by atoms with Crippen LogP contribution in [0.1, 0.15) is 43.4 Å². The number of nitrogens with zero attached hydrogens (tertiary/aromatic N) is 1. The third-order valence-electron chi connectivity index (χ3n) is 3.41. The molecule has 0 aromatic carbocycles. The Labute approximate surface area is 91.9 Å². The van der Waals surface area contributed by atoms with Crippen molar-refractivity contribution in [1.29, 1.82) is 0 Å². The van der Waals surface area contributed by atoms with Crippen LogP contribution in [0, 0.1) is 5.92 Å². The molecule has 2 rings (SSSR count). The van der Waals surface area contributed by atoms with Gasteiger partial charge in [0.25, 0.3) is 0 Å². The zero-order valence-corrected chi connectivity index (χ0v) is 9.28. The minimum Gasteiger partial charge on any atom is -0.326 e. The fourth-order valence-electron chi connectivity index (χ4n) is 2.51. The fourth-order valence-corrected chi connectivity index (χ4v) is 2.51. The Hall–Kier alpha value is -0.890. The predicted octanol–water partition coefficient (Wildman–Crippen LogP) is 2.66. The molecule has 0 spiro atoms. The highest BCUT2D eigenvalue weighted by molar-refractivity contribution is 5.19. The summed E-state index contributed by atoms with van der Waals surface area (Å²) in [4.78, 5) is 4.46. The largest absolute Gasteiger partial charge is 0.326 e. The molecule has 1 aromatic heterocycles. The van der Waals surface area contributed by atoms with E-state index in [0.29, 0.717) is 6.54 Å². The molecule has 1 heterocycles. The number of rotatable bonds is 3. The summed E-state index contributed by atoms with van der Waals surface area (Å²) in [6.45, 7) is 0.621. The van der Waals surface area contributed by atoms with Crippen molar-refractivity contribution in [3.8, 4) is 0 Å². The molecule has 0 atom stereocenters. The van der Waals surface area contributed by atoms with Gasteiger partial charge < -0.3 is 5.73 Å². The van der Waals surface area contributed by atoms with E-state index < -0.39 is 0 Å². The molecular formula is C13H20N2. The number of hydrogen-bond donors (Lipinski definition) is 1. The topological polar surface area (TPSA) is 38.9 Å². The van der Waals surface area contributed by atoms with Crippen LogP contribution in [0.15, 0.2) is 18.3 Å². The zero-order valence-electron chi connectivity index (χ0n) is 9.28. The molecule has 2 heteroatoms. The summed E-state index contributed by atoms with van der Waals surface area (Å²) in [7, 11) is 0. The zero-order chi connectivity index (χ0) is 10.5. The van der Waals surface area contributed by atoms with Gasteiger partial charge in [0.2, 0.25) is 0 Å². The predicted molar refractivity (Wildman–Crippen MR) is 62.4 cm³/mol. The van der Waals surface area contributed by atoms with Gasteiger partial charge in [0.15, 0.2) is 0 Å². The summed E-state index contributed by atoms with van der Waals surface area (Å²) in [5, 5.41) is 0. The molecule has 0 amide bonds. The highest BCUT2D eigenvalue weighted by Gasteiger charge is 2.15. The highest BCUT2D eigenvalue weighted by atomic mass is 14.7. The summed E-state index contributed by atoms with van der Waals surface area (Å²) in [5.74, 6) is 0.846. The van der Waals surface area contributed by atoms with Gasteiger partial charge in [0.05, 0.1) is 0 Å². The van der Waals surface area contributed by atoms with E-state index >= 15 is 0 Å². The van der Waals surface area contributed by atoms with Crippen molar-refractivity contribution < 1.29 is 0 Å². The van der Waals surface area contributed by atoms with Gasteiger partial charge in [0, 0.05) is 18.4 Å². The van der Waals surface area contributed by atoms with Gasteiger partial charge in [-0.3, -0.25) is 4.98 Å². The van der Waals surface area contributed by atoms with Crippen LogP contribution >= 0.6 is 0 Å². The Bertz CT molecular complexity index is 303. The van der Waals surface area contributed by atoms with Crippen molar-refractivity contribution in [3.63, 3.8) is 0 Å². The van der Waals surface area contributed by atoms with E-state index in [0.717, 1.165) is 12.3 Å². The van der Waals surface area contributed by atoms with E-state index in [4.69, 9.17) is 5.73 Å². The maximum absolute atomic E-state index is 5.72. The Morgan fingerprint density at radius 2 is 2.07 bits per heavy atom. The maximum Gasteiger partial charge on any atom is 0.0451 e. The van der Waals surface area contributed by atoms with E-state index in [1.807, 2.05) is 12.3 Å². The maximum atomic E-state index is 5.72. The van der Waals surface area contributed by atoms with Crippen molar-refractivity contribution in [2.24, 2.45) is 11.7 Å². The van der Waals surface area contributed by atoms with E-state index in [2.05, 4.69) is 11.1 Å². The summed E-state index contributed by atoms with van der Waals surface area (Å²) >= 11 is 0. The summed E-state index contributed by atoms with van der Waals surface area (Å²) in [6, 6.07) is 4.08. The van der Waals surface area contributed by atoms with E-state index in [1.165, 1.54) is 43.4 Å². The smallest absolute Gasteiger partial charge is 0.0451 e. The van der Waals surface area contributed by atoms with Crippen LogP contribution in [0.4, 0.5) is 0 Å². The average molecular weight is 204 g/mol. The lowest BCUT2D eigenvalue weighted by Crippen LogP contribution is -2.13. The molecule has 1 saturated carbocycles. The normalized spacial score (nSPS) is 17.9. The van der Waals surface area contributed by atoms with Gasteiger partial charge in [0.1, 0.15) is 0 Å². The molecule has 1 aliphatic carbocycles. The van der Waals surface area contributed by atoms with Crippen LogP contribution in [0.25, 0.3) is 0 Å². The monoisotopic (exact) mass is 204 g/mol. The molecule has 1 aromatic rings. The van der Waals surface area contributed by atoms with Crippen molar-refractivity contribution in [1.82, 2.24) is 4.98 Å². The molecule has 15 heavy (non-hydrogen) atoms. The summed E-state index contributed by atoms with van der Waals surface area (Å²) in [5.41, 5.74) is 8.17. The van der Waals surface area contributed by atoms with Crippen LogP contribution in [0.5, 0.6) is 0 Å². The summed E-state index contributed by atoms with van der Waals surface area (Å²) in [6.07, 6.45) is 9.99. The van der Waals surface area contributed by atoms with Gasteiger partial charge in [-0.25, -0.2) is 0 Å².